The van der Waals surface area contributed by atoms with Crippen molar-refractivity contribution in [3.05, 3.63) is 53.9 Å². The van der Waals surface area contributed by atoms with E-state index in [4.69, 9.17) is 0 Å². The number of hydrogen-bond acceptors (Lipinski definition) is 3. The fourth-order valence-electron chi connectivity index (χ4n) is 1.86. The second-order valence-electron chi connectivity index (χ2n) is 4.80. The number of rotatable bonds is 3. The van der Waals surface area contributed by atoms with Crippen LogP contribution in [0.5, 0.6) is 0 Å². The molecule has 1 N–H and O–H groups in total. The first-order chi connectivity index (χ1) is 10.3. The molecule has 0 bridgehead atoms. The monoisotopic (exact) mass is 309 g/mol. The number of anilines is 2. The van der Waals surface area contributed by atoms with Gasteiger partial charge in [0.1, 0.15) is 5.69 Å². The van der Waals surface area contributed by atoms with Crippen molar-refractivity contribution in [2.45, 2.75) is 6.18 Å². The van der Waals surface area contributed by atoms with Crippen LogP contribution in [-0.4, -0.2) is 25.0 Å². The quantitative estimate of drug-likeness (QED) is 0.945. The van der Waals surface area contributed by atoms with Crippen LogP contribution in [0, 0.1) is 0 Å². The van der Waals surface area contributed by atoms with E-state index in [2.05, 4.69) is 10.3 Å². The third-order valence-corrected chi connectivity index (χ3v) is 2.95. The summed E-state index contributed by atoms with van der Waals surface area (Å²) < 4.78 is 37.3. The molecule has 7 heteroatoms. The second-order valence-corrected chi connectivity index (χ2v) is 4.80. The summed E-state index contributed by atoms with van der Waals surface area (Å²) in [5.74, 6) is -0.518. The van der Waals surface area contributed by atoms with Gasteiger partial charge in [0.05, 0.1) is 16.9 Å². The average molecular weight is 309 g/mol. The summed E-state index contributed by atoms with van der Waals surface area (Å²) in [5.41, 5.74) is 0.382. The molecule has 1 aromatic carbocycles. The van der Waals surface area contributed by atoms with Crippen molar-refractivity contribution in [2.75, 3.05) is 24.3 Å². The fourth-order valence-corrected chi connectivity index (χ4v) is 1.86. The maximum atomic E-state index is 12.4. The number of nitrogens with zero attached hydrogens (tertiary/aromatic N) is 2. The molecule has 116 valence electrons. The first-order valence-corrected chi connectivity index (χ1v) is 6.40. The molecule has 0 aliphatic carbocycles. The molecule has 0 saturated carbocycles. The third kappa shape index (κ3) is 3.55. The van der Waals surface area contributed by atoms with Crippen LogP contribution in [0.4, 0.5) is 24.5 Å². The lowest BCUT2D eigenvalue weighted by atomic mass is 10.2. The number of nitrogens with one attached hydrogen (secondary N) is 1. The molecular weight excluding hydrogens is 295 g/mol. The van der Waals surface area contributed by atoms with Gasteiger partial charge in [-0.25, -0.2) is 0 Å². The molecule has 0 fully saturated rings. The average Bonchev–Trinajstić information content (AvgIpc) is 2.46. The van der Waals surface area contributed by atoms with Gasteiger partial charge in [0, 0.05) is 20.3 Å². The first kappa shape index (κ1) is 15.8. The van der Waals surface area contributed by atoms with Crippen LogP contribution in [-0.2, 0) is 6.18 Å². The van der Waals surface area contributed by atoms with Gasteiger partial charge < -0.3 is 10.2 Å². The maximum absolute atomic E-state index is 12.4. The van der Waals surface area contributed by atoms with Gasteiger partial charge in [0.2, 0.25) is 0 Å². The smallest absolute Gasteiger partial charge is 0.376 e. The Kier molecular flexibility index (Phi) is 4.35. The normalized spacial score (nSPS) is 11.1. The Morgan fingerprint density at radius 1 is 1.14 bits per heavy atom. The van der Waals surface area contributed by atoms with Crippen molar-refractivity contribution in [2.24, 2.45) is 0 Å². The zero-order chi connectivity index (χ0) is 16.3. The summed E-state index contributed by atoms with van der Waals surface area (Å²) in [6.45, 7) is 0. The van der Waals surface area contributed by atoms with Crippen LogP contribution in [0.15, 0.2) is 42.6 Å². The summed E-state index contributed by atoms with van der Waals surface area (Å²) in [4.78, 5) is 17.2. The van der Waals surface area contributed by atoms with Crippen molar-refractivity contribution in [1.82, 2.24) is 4.98 Å². The van der Waals surface area contributed by atoms with Gasteiger partial charge in [0.15, 0.2) is 0 Å². The maximum Gasteiger partial charge on any atom is 0.433 e. The van der Waals surface area contributed by atoms with E-state index in [0.717, 1.165) is 24.0 Å². The minimum atomic E-state index is -4.52. The van der Waals surface area contributed by atoms with Crippen molar-refractivity contribution in [3.8, 4) is 0 Å². The molecular formula is C15H14F3N3O. The number of para-hydroxylation sites is 2. The van der Waals surface area contributed by atoms with Gasteiger partial charge in [-0.15, -0.1) is 0 Å². The van der Waals surface area contributed by atoms with Gasteiger partial charge in [-0.05, 0) is 24.3 Å². The van der Waals surface area contributed by atoms with Crippen molar-refractivity contribution < 1.29 is 18.0 Å². The summed E-state index contributed by atoms with van der Waals surface area (Å²) >= 11 is 0. The van der Waals surface area contributed by atoms with Crippen molar-refractivity contribution >= 4 is 17.3 Å². The highest BCUT2D eigenvalue weighted by molar-refractivity contribution is 6.05. The number of carbonyl (C=O) groups is 1. The summed E-state index contributed by atoms with van der Waals surface area (Å²) in [5, 5.41) is 2.66. The number of amides is 1. The van der Waals surface area contributed by atoms with Gasteiger partial charge in [0.25, 0.3) is 5.91 Å². The van der Waals surface area contributed by atoms with E-state index in [-0.39, 0.29) is 5.56 Å². The molecule has 22 heavy (non-hydrogen) atoms. The van der Waals surface area contributed by atoms with Gasteiger partial charge in [-0.3, -0.25) is 9.78 Å². The molecule has 1 heterocycles. The molecule has 4 nitrogen and oxygen atoms in total. The lowest BCUT2D eigenvalue weighted by molar-refractivity contribution is -0.141. The number of aromatic nitrogens is 1. The van der Waals surface area contributed by atoms with E-state index in [1.54, 1.807) is 12.1 Å². The van der Waals surface area contributed by atoms with Crippen LogP contribution < -0.4 is 10.2 Å². The van der Waals surface area contributed by atoms with E-state index in [0.29, 0.717) is 5.69 Å². The molecule has 0 radical (unpaired) electrons. The zero-order valence-corrected chi connectivity index (χ0v) is 12.0. The van der Waals surface area contributed by atoms with Crippen LogP contribution in [0.25, 0.3) is 0 Å². The fraction of sp³-hybridized carbons (Fsp3) is 0.200. The standard InChI is InChI=1S/C15H14F3N3O/c1-21(2)12-6-4-3-5-11(12)20-14(22)10-7-8-13(19-9-10)15(16,17)18/h3-9H,1-2H3,(H,20,22). The van der Waals surface area contributed by atoms with Crippen LogP contribution >= 0.6 is 0 Å². The minimum absolute atomic E-state index is 0.0570. The Balaban J connectivity index is 2.20. The molecule has 0 unspecified atom stereocenters. The predicted molar refractivity (Wildman–Crippen MR) is 78.0 cm³/mol. The zero-order valence-electron chi connectivity index (χ0n) is 12.0. The lowest BCUT2D eigenvalue weighted by Crippen LogP contribution is -2.17. The van der Waals surface area contributed by atoms with E-state index in [9.17, 15) is 18.0 Å². The molecule has 1 aromatic heterocycles. The van der Waals surface area contributed by atoms with Gasteiger partial charge in [-0.2, -0.15) is 13.2 Å². The van der Waals surface area contributed by atoms with Crippen LogP contribution in [0.2, 0.25) is 0 Å². The Hall–Kier alpha value is -2.57. The number of carbonyl (C=O) groups excluding carboxylic acids is 1. The van der Waals surface area contributed by atoms with Crippen molar-refractivity contribution in [3.63, 3.8) is 0 Å². The third-order valence-electron chi connectivity index (χ3n) is 2.95. The largest absolute Gasteiger partial charge is 0.433 e. The molecule has 0 atom stereocenters. The van der Waals surface area contributed by atoms with Crippen LogP contribution in [0.1, 0.15) is 16.1 Å². The first-order valence-electron chi connectivity index (χ1n) is 6.40. The highest BCUT2D eigenvalue weighted by Gasteiger charge is 2.32. The topological polar surface area (TPSA) is 45.2 Å². The summed E-state index contributed by atoms with van der Waals surface area (Å²) in [6.07, 6.45) is -3.61. The SMILES string of the molecule is CN(C)c1ccccc1NC(=O)c1ccc(C(F)(F)F)nc1. The number of alkyl halides is 3. The van der Waals surface area contributed by atoms with Crippen molar-refractivity contribution in [1.29, 1.82) is 0 Å². The van der Waals surface area contributed by atoms with E-state index in [1.807, 2.05) is 31.1 Å². The molecule has 0 aliphatic rings. The van der Waals surface area contributed by atoms with Crippen LogP contribution in [0.3, 0.4) is 0 Å². The van der Waals surface area contributed by atoms with Gasteiger partial charge >= 0.3 is 6.18 Å². The predicted octanol–water partition coefficient (Wildman–Crippen LogP) is 3.42. The molecule has 2 rings (SSSR count). The Morgan fingerprint density at radius 2 is 1.82 bits per heavy atom. The lowest BCUT2D eigenvalue weighted by Gasteiger charge is -2.17. The molecule has 0 saturated heterocycles. The number of hydrogen-bond donors (Lipinski definition) is 1. The highest BCUT2D eigenvalue weighted by atomic mass is 19.4. The minimum Gasteiger partial charge on any atom is -0.376 e. The van der Waals surface area contributed by atoms with E-state index in [1.165, 1.54) is 0 Å². The van der Waals surface area contributed by atoms with E-state index >= 15 is 0 Å². The second kappa shape index (κ2) is 6.05. The molecule has 0 aliphatic heterocycles. The Labute approximate surface area is 125 Å². The Bertz CT molecular complexity index is 666. The number of pyridine rings is 1. The number of benzene rings is 1. The number of halogens is 3. The van der Waals surface area contributed by atoms with Gasteiger partial charge in [-0.1, -0.05) is 12.1 Å². The molecule has 0 spiro atoms. The molecule has 2 aromatic rings. The Morgan fingerprint density at radius 3 is 2.36 bits per heavy atom. The summed E-state index contributed by atoms with van der Waals surface area (Å²) in [7, 11) is 3.65. The van der Waals surface area contributed by atoms with E-state index < -0.39 is 17.8 Å². The summed E-state index contributed by atoms with van der Waals surface area (Å²) in [6, 6.07) is 9.00. The molecule has 1 amide bonds. The highest BCUT2D eigenvalue weighted by Crippen LogP contribution is 2.27.